The van der Waals surface area contributed by atoms with Gasteiger partial charge < -0.3 is 10.1 Å². The van der Waals surface area contributed by atoms with Gasteiger partial charge >= 0.3 is 0 Å². The van der Waals surface area contributed by atoms with Gasteiger partial charge in [-0.25, -0.2) is 0 Å². The van der Waals surface area contributed by atoms with Gasteiger partial charge in [-0.3, -0.25) is 0 Å². The summed E-state index contributed by atoms with van der Waals surface area (Å²) >= 11 is 0. The summed E-state index contributed by atoms with van der Waals surface area (Å²) in [4.78, 5) is 0. The van der Waals surface area contributed by atoms with Gasteiger partial charge in [0.2, 0.25) is 0 Å². The first-order valence-corrected chi connectivity index (χ1v) is 5.21. The maximum absolute atomic E-state index is 5.94. The maximum atomic E-state index is 5.94. The fourth-order valence-corrected chi connectivity index (χ4v) is 2.10. The van der Waals surface area contributed by atoms with E-state index in [0.29, 0.717) is 12.2 Å². The topological polar surface area (TPSA) is 21.3 Å². The monoisotopic (exact) mass is 169 g/mol. The SMILES string of the molecule is CNC1CCC(OC2CCC2)C1. The first kappa shape index (κ1) is 8.52. The van der Waals surface area contributed by atoms with Gasteiger partial charge in [0.15, 0.2) is 0 Å². The molecule has 2 atom stereocenters. The van der Waals surface area contributed by atoms with Crippen LogP contribution in [-0.2, 0) is 4.74 Å². The summed E-state index contributed by atoms with van der Waals surface area (Å²) in [7, 11) is 2.05. The van der Waals surface area contributed by atoms with Crippen molar-refractivity contribution in [2.45, 2.75) is 56.8 Å². The molecular formula is C10H19NO. The van der Waals surface area contributed by atoms with Crippen molar-refractivity contribution < 1.29 is 4.74 Å². The average Bonchev–Trinajstić information content (AvgIpc) is 2.44. The minimum Gasteiger partial charge on any atom is -0.375 e. The highest BCUT2D eigenvalue weighted by Crippen LogP contribution is 2.29. The van der Waals surface area contributed by atoms with Gasteiger partial charge in [0.1, 0.15) is 0 Å². The lowest BCUT2D eigenvalue weighted by Gasteiger charge is -2.28. The first-order valence-electron chi connectivity index (χ1n) is 5.21. The third kappa shape index (κ3) is 1.80. The molecule has 70 valence electrons. The van der Waals surface area contributed by atoms with Crippen LogP contribution in [0.25, 0.3) is 0 Å². The van der Waals surface area contributed by atoms with Crippen LogP contribution < -0.4 is 5.32 Å². The molecule has 2 heteroatoms. The van der Waals surface area contributed by atoms with Crippen LogP contribution in [0, 0.1) is 0 Å². The minimum absolute atomic E-state index is 0.563. The second kappa shape index (κ2) is 3.75. The van der Waals surface area contributed by atoms with Gasteiger partial charge in [-0.2, -0.15) is 0 Å². The van der Waals surface area contributed by atoms with Crippen LogP contribution >= 0.6 is 0 Å². The van der Waals surface area contributed by atoms with E-state index in [1.165, 1.54) is 38.5 Å². The molecule has 0 bridgehead atoms. The summed E-state index contributed by atoms with van der Waals surface area (Å²) < 4.78 is 5.94. The Hall–Kier alpha value is -0.0800. The van der Waals surface area contributed by atoms with E-state index in [1.54, 1.807) is 0 Å². The zero-order chi connectivity index (χ0) is 8.39. The van der Waals surface area contributed by atoms with Crippen LogP contribution in [0.1, 0.15) is 38.5 Å². The van der Waals surface area contributed by atoms with Gasteiger partial charge in [-0.1, -0.05) is 0 Å². The molecule has 0 amide bonds. The van der Waals surface area contributed by atoms with Gasteiger partial charge in [-0.15, -0.1) is 0 Å². The van der Waals surface area contributed by atoms with E-state index in [0.717, 1.165) is 6.04 Å². The molecule has 2 aliphatic carbocycles. The first-order chi connectivity index (χ1) is 5.88. The fourth-order valence-electron chi connectivity index (χ4n) is 2.10. The number of nitrogens with one attached hydrogen (secondary N) is 1. The molecule has 0 heterocycles. The molecule has 2 fully saturated rings. The molecule has 2 unspecified atom stereocenters. The van der Waals surface area contributed by atoms with E-state index in [-0.39, 0.29) is 0 Å². The second-order valence-electron chi connectivity index (χ2n) is 4.11. The third-order valence-electron chi connectivity index (χ3n) is 3.23. The summed E-state index contributed by atoms with van der Waals surface area (Å²) in [6.45, 7) is 0. The molecular weight excluding hydrogens is 150 g/mol. The highest BCUT2D eigenvalue weighted by atomic mass is 16.5. The smallest absolute Gasteiger partial charge is 0.0594 e. The number of hydrogen-bond acceptors (Lipinski definition) is 2. The Bertz CT molecular complexity index is 145. The molecule has 2 saturated carbocycles. The quantitative estimate of drug-likeness (QED) is 0.694. The van der Waals surface area contributed by atoms with Gasteiger partial charge in [0, 0.05) is 6.04 Å². The largest absolute Gasteiger partial charge is 0.375 e. The molecule has 2 aliphatic rings. The van der Waals surface area contributed by atoms with Crippen LogP contribution in [0.15, 0.2) is 0 Å². The summed E-state index contributed by atoms with van der Waals surface area (Å²) in [5.41, 5.74) is 0. The lowest BCUT2D eigenvalue weighted by Crippen LogP contribution is -2.28. The van der Waals surface area contributed by atoms with Crippen LogP contribution in [-0.4, -0.2) is 25.3 Å². The second-order valence-corrected chi connectivity index (χ2v) is 4.11. The molecule has 2 rings (SSSR count). The lowest BCUT2D eigenvalue weighted by atomic mass is 9.96. The van der Waals surface area contributed by atoms with E-state index in [9.17, 15) is 0 Å². The molecule has 0 radical (unpaired) electrons. The molecule has 12 heavy (non-hydrogen) atoms. The average molecular weight is 169 g/mol. The van der Waals surface area contributed by atoms with Gasteiger partial charge in [0.05, 0.1) is 12.2 Å². The van der Waals surface area contributed by atoms with Crippen molar-refractivity contribution in [3.8, 4) is 0 Å². The summed E-state index contributed by atoms with van der Waals surface area (Å²) in [6.07, 6.45) is 8.97. The van der Waals surface area contributed by atoms with E-state index in [2.05, 4.69) is 12.4 Å². The molecule has 0 saturated heterocycles. The molecule has 0 aromatic rings. The predicted octanol–water partition coefficient (Wildman–Crippen LogP) is 1.70. The number of hydrogen-bond donors (Lipinski definition) is 1. The molecule has 0 aromatic carbocycles. The fraction of sp³-hybridized carbons (Fsp3) is 1.00. The molecule has 0 aromatic heterocycles. The highest BCUT2D eigenvalue weighted by Gasteiger charge is 2.28. The van der Waals surface area contributed by atoms with Crippen LogP contribution in [0.5, 0.6) is 0 Å². The van der Waals surface area contributed by atoms with E-state index in [4.69, 9.17) is 4.74 Å². The van der Waals surface area contributed by atoms with Crippen LogP contribution in [0.2, 0.25) is 0 Å². The Kier molecular flexibility index (Phi) is 2.66. The van der Waals surface area contributed by atoms with Crippen molar-refractivity contribution in [2.75, 3.05) is 7.05 Å². The van der Waals surface area contributed by atoms with Crippen LogP contribution in [0.4, 0.5) is 0 Å². The van der Waals surface area contributed by atoms with E-state index in [1.807, 2.05) is 0 Å². The predicted molar refractivity (Wildman–Crippen MR) is 49.2 cm³/mol. The summed E-state index contributed by atoms with van der Waals surface area (Å²) in [5, 5.41) is 3.32. The lowest BCUT2D eigenvalue weighted by molar-refractivity contribution is -0.0482. The standard InChI is InChI=1S/C10H19NO/c1-11-8-5-6-10(7-8)12-9-3-2-4-9/h8-11H,2-7H2,1H3. The Morgan fingerprint density at radius 1 is 1.08 bits per heavy atom. The molecule has 0 spiro atoms. The van der Waals surface area contributed by atoms with E-state index < -0.39 is 0 Å². The Morgan fingerprint density at radius 3 is 2.42 bits per heavy atom. The van der Waals surface area contributed by atoms with Crippen molar-refractivity contribution in [3.05, 3.63) is 0 Å². The van der Waals surface area contributed by atoms with Crippen LogP contribution in [0.3, 0.4) is 0 Å². The zero-order valence-electron chi connectivity index (χ0n) is 7.88. The van der Waals surface area contributed by atoms with Crippen molar-refractivity contribution >= 4 is 0 Å². The Labute approximate surface area is 74.7 Å². The zero-order valence-corrected chi connectivity index (χ0v) is 7.88. The van der Waals surface area contributed by atoms with Crippen molar-refractivity contribution in [3.63, 3.8) is 0 Å². The summed E-state index contributed by atoms with van der Waals surface area (Å²) in [5.74, 6) is 0. The third-order valence-corrected chi connectivity index (χ3v) is 3.23. The normalized spacial score (nSPS) is 36.8. The van der Waals surface area contributed by atoms with Crippen molar-refractivity contribution in [1.29, 1.82) is 0 Å². The minimum atomic E-state index is 0.563. The number of ether oxygens (including phenoxy) is 1. The molecule has 0 aliphatic heterocycles. The number of rotatable bonds is 3. The molecule has 2 nitrogen and oxygen atoms in total. The van der Waals surface area contributed by atoms with Gasteiger partial charge in [0.25, 0.3) is 0 Å². The Morgan fingerprint density at radius 2 is 1.92 bits per heavy atom. The Balaban J connectivity index is 1.68. The van der Waals surface area contributed by atoms with E-state index >= 15 is 0 Å². The molecule has 1 N–H and O–H groups in total. The van der Waals surface area contributed by atoms with Crippen molar-refractivity contribution in [2.24, 2.45) is 0 Å². The summed E-state index contributed by atoms with van der Waals surface area (Å²) in [6, 6.07) is 0.718. The van der Waals surface area contributed by atoms with Crippen molar-refractivity contribution in [1.82, 2.24) is 5.32 Å². The van der Waals surface area contributed by atoms with Gasteiger partial charge in [-0.05, 0) is 45.6 Å². The highest BCUT2D eigenvalue weighted by molar-refractivity contribution is 4.82. The maximum Gasteiger partial charge on any atom is 0.0594 e.